The molecule has 6 nitrogen and oxygen atoms in total. The van der Waals surface area contributed by atoms with Gasteiger partial charge in [-0.05, 0) is 46.5 Å². The highest BCUT2D eigenvalue weighted by Gasteiger charge is 2.41. The second kappa shape index (κ2) is 6.22. The summed E-state index contributed by atoms with van der Waals surface area (Å²) >= 11 is 0. The summed E-state index contributed by atoms with van der Waals surface area (Å²) in [6, 6.07) is 0.328. The van der Waals surface area contributed by atoms with E-state index in [0.717, 1.165) is 32.2 Å². The van der Waals surface area contributed by atoms with Crippen molar-refractivity contribution in [3.8, 4) is 0 Å². The van der Waals surface area contributed by atoms with Gasteiger partial charge in [-0.25, -0.2) is 4.79 Å². The first kappa shape index (κ1) is 16.1. The van der Waals surface area contributed by atoms with Crippen LogP contribution in [0.2, 0.25) is 0 Å². The lowest BCUT2D eigenvalue weighted by Gasteiger charge is -2.40. The van der Waals surface area contributed by atoms with Gasteiger partial charge in [0.15, 0.2) is 0 Å². The van der Waals surface area contributed by atoms with Crippen molar-refractivity contribution in [1.82, 2.24) is 9.80 Å². The summed E-state index contributed by atoms with van der Waals surface area (Å²) in [7, 11) is 0. The molecule has 0 aromatic carbocycles. The molecule has 120 valence electrons. The van der Waals surface area contributed by atoms with Crippen molar-refractivity contribution >= 4 is 12.0 Å². The minimum absolute atomic E-state index is 0.0303. The van der Waals surface area contributed by atoms with E-state index < -0.39 is 5.60 Å². The molecule has 1 saturated carbocycles. The fourth-order valence-electron chi connectivity index (χ4n) is 2.80. The monoisotopic (exact) mass is 297 g/mol. The summed E-state index contributed by atoms with van der Waals surface area (Å²) in [5.41, 5.74) is 4.95. The second-order valence-electron chi connectivity index (χ2n) is 6.96. The van der Waals surface area contributed by atoms with Gasteiger partial charge >= 0.3 is 6.09 Å². The van der Waals surface area contributed by atoms with E-state index >= 15 is 0 Å². The van der Waals surface area contributed by atoms with Crippen LogP contribution < -0.4 is 5.73 Å². The molecule has 0 aromatic heterocycles. The number of amides is 2. The molecule has 1 heterocycles. The second-order valence-corrected chi connectivity index (χ2v) is 6.96. The first-order valence-electron chi connectivity index (χ1n) is 7.81. The Hall–Kier alpha value is -1.30. The van der Waals surface area contributed by atoms with Gasteiger partial charge in [0.25, 0.3) is 0 Å². The molecule has 2 fully saturated rings. The number of nitrogens with zero attached hydrogens (tertiary/aromatic N) is 2. The van der Waals surface area contributed by atoms with Crippen molar-refractivity contribution in [2.75, 3.05) is 19.6 Å². The minimum Gasteiger partial charge on any atom is -0.444 e. The summed E-state index contributed by atoms with van der Waals surface area (Å²) < 4.78 is 5.54. The maximum atomic E-state index is 12.5. The maximum absolute atomic E-state index is 12.5. The molecule has 1 aliphatic heterocycles. The normalized spacial score (nSPS) is 22.9. The average Bonchev–Trinajstić information content (AvgIpc) is 3.21. The van der Waals surface area contributed by atoms with Crippen LogP contribution in [0.25, 0.3) is 0 Å². The average molecular weight is 297 g/mol. The predicted octanol–water partition coefficient (Wildman–Crippen LogP) is 1.34. The van der Waals surface area contributed by atoms with Gasteiger partial charge in [-0.1, -0.05) is 0 Å². The number of carbonyl (C=O) groups excluding carboxylic acids is 2. The number of rotatable bonds is 3. The molecule has 2 rings (SSSR count). The molecule has 21 heavy (non-hydrogen) atoms. The van der Waals surface area contributed by atoms with Gasteiger partial charge in [0.2, 0.25) is 5.91 Å². The van der Waals surface area contributed by atoms with E-state index in [9.17, 15) is 9.59 Å². The van der Waals surface area contributed by atoms with E-state index in [4.69, 9.17) is 10.5 Å². The fraction of sp³-hybridized carbons (Fsp3) is 0.867. The quantitative estimate of drug-likeness (QED) is 0.853. The van der Waals surface area contributed by atoms with Crippen molar-refractivity contribution in [2.45, 2.75) is 64.1 Å². The molecule has 0 radical (unpaired) electrons. The fourth-order valence-corrected chi connectivity index (χ4v) is 2.80. The molecular weight excluding hydrogens is 270 g/mol. The molecule has 1 aliphatic carbocycles. The van der Waals surface area contributed by atoms with Crippen LogP contribution in [-0.4, -0.2) is 59.1 Å². The molecular formula is C15H27N3O3. The van der Waals surface area contributed by atoms with Crippen molar-refractivity contribution in [1.29, 1.82) is 0 Å². The maximum Gasteiger partial charge on any atom is 0.410 e. The first-order valence-corrected chi connectivity index (χ1v) is 7.81. The standard InChI is InChI=1S/C15H27N3O3/c1-15(2,3)21-14(20)18(11-6-7-11)12-5-4-8-17(10-12)13(19)9-16/h11-12H,4-10,16H2,1-3H3/t12-/m1/s1. The molecule has 1 saturated heterocycles. The van der Waals surface area contributed by atoms with Crippen LogP contribution in [0.15, 0.2) is 0 Å². The number of likely N-dealkylation sites (tertiary alicyclic amines) is 1. The van der Waals surface area contributed by atoms with Gasteiger partial charge in [0.05, 0.1) is 12.6 Å². The van der Waals surface area contributed by atoms with Gasteiger partial charge in [-0.15, -0.1) is 0 Å². The molecule has 0 bridgehead atoms. The van der Waals surface area contributed by atoms with Crippen LogP contribution in [0.3, 0.4) is 0 Å². The molecule has 2 amide bonds. The van der Waals surface area contributed by atoms with Crippen LogP contribution in [-0.2, 0) is 9.53 Å². The van der Waals surface area contributed by atoms with Crippen molar-refractivity contribution in [3.63, 3.8) is 0 Å². The third-order valence-electron chi connectivity index (χ3n) is 3.86. The summed E-state index contributed by atoms with van der Waals surface area (Å²) in [4.78, 5) is 27.9. The zero-order chi connectivity index (χ0) is 15.6. The number of carbonyl (C=O) groups is 2. The Balaban J connectivity index is 2.04. The lowest BCUT2D eigenvalue weighted by molar-refractivity contribution is -0.131. The summed E-state index contributed by atoms with van der Waals surface area (Å²) in [5, 5.41) is 0. The van der Waals surface area contributed by atoms with Crippen LogP contribution in [0.1, 0.15) is 46.5 Å². The number of piperidine rings is 1. The lowest BCUT2D eigenvalue weighted by Crippen LogP contribution is -2.54. The van der Waals surface area contributed by atoms with E-state index in [1.165, 1.54) is 0 Å². The van der Waals surface area contributed by atoms with E-state index in [-0.39, 0.29) is 30.6 Å². The smallest absolute Gasteiger partial charge is 0.410 e. The molecule has 1 atom stereocenters. The van der Waals surface area contributed by atoms with E-state index in [1.54, 1.807) is 4.90 Å². The van der Waals surface area contributed by atoms with Gasteiger partial charge in [0, 0.05) is 19.1 Å². The Morgan fingerprint density at radius 2 is 1.90 bits per heavy atom. The molecule has 0 aromatic rings. The van der Waals surface area contributed by atoms with Crippen LogP contribution >= 0.6 is 0 Å². The number of ether oxygens (including phenoxy) is 1. The highest BCUT2D eigenvalue weighted by Crippen LogP contribution is 2.32. The SMILES string of the molecule is CC(C)(C)OC(=O)N(C1CC1)[C@@H]1CCCN(C(=O)CN)C1. The Bertz CT molecular complexity index is 401. The van der Waals surface area contributed by atoms with E-state index in [2.05, 4.69) is 0 Å². The highest BCUT2D eigenvalue weighted by molar-refractivity contribution is 5.78. The number of nitrogens with two attached hydrogens (primary N) is 1. The van der Waals surface area contributed by atoms with Gasteiger partial charge in [-0.3, -0.25) is 4.79 Å². The number of hydrogen-bond donors (Lipinski definition) is 1. The van der Waals surface area contributed by atoms with Crippen LogP contribution in [0.5, 0.6) is 0 Å². The minimum atomic E-state index is -0.494. The van der Waals surface area contributed by atoms with Crippen molar-refractivity contribution in [3.05, 3.63) is 0 Å². The Kier molecular flexibility index (Phi) is 4.76. The Morgan fingerprint density at radius 1 is 1.24 bits per heavy atom. The summed E-state index contributed by atoms with van der Waals surface area (Å²) in [6.07, 6.45) is 3.63. The first-order chi connectivity index (χ1) is 9.81. The van der Waals surface area contributed by atoms with Crippen LogP contribution in [0, 0.1) is 0 Å². The number of hydrogen-bond acceptors (Lipinski definition) is 4. The largest absolute Gasteiger partial charge is 0.444 e. The third kappa shape index (κ3) is 4.33. The Labute approximate surface area is 126 Å². The topological polar surface area (TPSA) is 75.9 Å². The molecule has 2 aliphatic rings. The third-order valence-corrected chi connectivity index (χ3v) is 3.86. The van der Waals surface area contributed by atoms with E-state index in [1.807, 2.05) is 25.7 Å². The summed E-state index contributed by atoms with van der Waals surface area (Å²) in [5.74, 6) is -0.0420. The zero-order valence-electron chi connectivity index (χ0n) is 13.3. The summed E-state index contributed by atoms with van der Waals surface area (Å²) in [6.45, 7) is 6.97. The van der Waals surface area contributed by atoms with Gasteiger partial charge in [-0.2, -0.15) is 0 Å². The van der Waals surface area contributed by atoms with Crippen LogP contribution in [0.4, 0.5) is 4.79 Å². The lowest BCUT2D eigenvalue weighted by atomic mass is 10.0. The Morgan fingerprint density at radius 3 is 2.43 bits per heavy atom. The highest BCUT2D eigenvalue weighted by atomic mass is 16.6. The van der Waals surface area contributed by atoms with Crippen molar-refractivity contribution < 1.29 is 14.3 Å². The van der Waals surface area contributed by atoms with Gasteiger partial charge < -0.3 is 20.3 Å². The molecule has 2 N–H and O–H groups in total. The zero-order valence-corrected chi connectivity index (χ0v) is 13.3. The molecule has 0 unspecified atom stereocenters. The molecule has 6 heteroatoms. The van der Waals surface area contributed by atoms with Crippen molar-refractivity contribution in [2.24, 2.45) is 5.73 Å². The predicted molar refractivity (Wildman–Crippen MR) is 79.8 cm³/mol. The molecule has 0 spiro atoms. The van der Waals surface area contributed by atoms with E-state index in [0.29, 0.717) is 6.54 Å². The van der Waals surface area contributed by atoms with Gasteiger partial charge in [0.1, 0.15) is 5.60 Å².